The molecule has 5 nitrogen and oxygen atoms in total. The summed E-state index contributed by atoms with van der Waals surface area (Å²) in [6, 6.07) is 18.1. The molecule has 0 aromatic heterocycles. The monoisotopic (exact) mass is 631 g/mol. The fourth-order valence-electron chi connectivity index (χ4n) is 10.1. The van der Waals surface area contributed by atoms with Crippen LogP contribution < -0.4 is 4.90 Å². The molecule has 0 bridgehead atoms. The maximum absolute atomic E-state index is 12.0. The van der Waals surface area contributed by atoms with Gasteiger partial charge < -0.3 is 14.4 Å². The highest BCUT2D eigenvalue weighted by Crippen LogP contribution is 2.57. The van der Waals surface area contributed by atoms with Crippen molar-refractivity contribution in [2.24, 2.45) is 11.3 Å². The highest BCUT2D eigenvalue weighted by molar-refractivity contribution is 6.08. The van der Waals surface area contributed by atoms with Crippen molar-refractivity contribution in [3.63, 3.8) is 0 Å². The van der Waals surface area contributed by atoms with Gasteiger partial charge in [-0.15, -0.1) is 0 Å². The average Bonchev–Trinajstić information content (AvgIpc) is 3.43. The van der Waals surface area contributed by atoms with Gasteiger partial charge in [-0.1, -0.05) is 69.2 Å². The van der Waals surface area contributed by atoms with Crippen LogP contribution in [-0.4, -0.2) is 48.2 Å². The van der Waals surface area contributed by atoms with Crippen molar-refractivity contribution in [1.29, 1.82) is 0 Å². The molecule has 6 aliphatic rings. The van der Waals surface area contributed by atoms with E-state index in [1.807, 2.05) is 6.92 Å². The molecule has 0 spiro atoms. The second-order valence-electron chi connectivity index (χ2n) is 16.2. The minimum Gasteiger partial charge on any atom is -0.466 e. The van der Waals surface area contributed by atoms with E-state index in [9.17, 15) is 4.79 Å². The summed E-state index contributed by atoms with van der Waals surface area (Å²) >= 11 is 0. The number of fused-ring (bicyclic) bond motifs is 9. The van der Waals surface area contributed by atoms with Gasteiger partial charge in [-0.3, -0.25) is 4.79 Å². The molecule has 5 heteroatoms. The summed E-state index contributed by atoms with van der Waals surface area (Å²) in [6.45, 7) is 16.4. The average molecular weight is 632 g/mol. The second-order valence-corrected chi connectivity index (χ2v) is 16.2. The van der Waals surface area contributed by atoms with Crippen LogP contribution in [0, 0.1) is 11.3 Å². The molecule has 246 valence electrons. The maximum atomic E-state index is 12.0. The molecule has 4 unspecified atom stereocenters. The van der Waals surface area contributed by atoms with Crippen molar-refractivity contribution in [2.75, 3.05) is 24.6 Å². The Morgan fingerprint density at radius 2 is 1.74 bits per heavy atom. The highest BCUT2D eigenvalue weighted by atomic mass is 16.5. The van der Waals surface area contributed by atoms with E-state index in [2.05, 4.69) is 105 Å². The third-order valence-electron chi connectivity index (χ3n) is 12.2. The minimum atomic E-state index is -0.0758. The molecule has 2 aromatic carbocycles. The number of ether oxygens (including phenoxy) is 2. The SMILES string of the molecule is CCOC(=O)CCCCCC1(C)C2=C3C=C4C=C5C6=[N+](CC(C)(C)C5OC4CC3CCN2c2ccccc21)c1ccccc1C6(C)C. The predicted molar refractivity (Wildman–Crippen MR) is 188 cm³/mol. The molecule has 0 radical (unpaired) electrons. The van der Waals surface area contributed by atoms with Crippen molar-refractivity contribution in [1.82, 2.24) is 0 Å². The van der Waals surface area contributed by atoms with Crippen molar-refractivity contribution >= 4 is 23.1 Å². The maximum Gasteiger partial charge on any atom is 0.305 e. The number of unbranched alkanes of at least 4 members (excludes halogenated alkanes) is 2. The fourth-order valence-corrected chi connectivity index (χ4v) is 10.1. The quantitative estimate of drug-likeness (QED) is 0.174. The third-order valence-corrected chi connectivity index (χ3v) is 12.2. The van der Waals surface area contributed by atoms with Crippen LogP contribution in [0.3, 0.4) is 0 Å². The normalized spacial score (nSPS) is 29.1. The topological polar surface area (TPSA) is 41.8 Å². The molecule has 5 aliphatic heterocycles. The molecule has 0 N–H and O–H groups in total. The van der Waals surface area contributed by atoms with Gasteiger partial charge in [0.05, 0.1) is 23.5 Å². The minimum absolute atomic E-state index is 0.00452. The van der Waals surface area contributed by atoms with Crippen LogP contribution in [0.15, 0.2) is 83.1 Å². The second kappa shape index (κ2) is 11.1. The molecule has 0 saturated heterocycles. The van der Waals surface area contributed by atoms with Crippen LogP contribution >= 0.6 is 0 Å². The molecule has 2 aromatic rings. The molecular weight excluding hydrogens is 580 g/mol. The van der Waals surface area contributed by atoms with E-state index in [0.29, 0.717) is 18.9 Å². The van der Waals surface area contributed by atoms with E-state index in [-0.39, 0.29) is 34.4 Å². The Balaban J connectivity index is 1.19. The van der Waals surface area contributed by atoms with E-state index >= 15 is 0 Å². The number of nitrogens with zero attached hydrogens (tertiary/aromatic N) is 2. The number of para-hydroxylation sites is 2. The first-order valence-electron chi connectivity index (χ1n) is 18.2. The summed E-state index contributed by atoms with van der Waals surface area (Å²) in [6.07, 6.45) is 12.2. The van der Waals surface area contributed by atoms with Gasteiger partial charge in [0.1, 0.15) is 6.10 Å². The lowest BCUT2D eigenvalue weighted by atomic mass is 9.67. The van der Waals surface area contributed by atoms with Gasteiger partial charge in [0, 0.05) is 47.0 Å². The summed E-state index contributed by atoms with van der Waals surface area (Å²) in [7, 11) is 0. The first-order chi connectivity index (χ1) is 22.5. The van der Waals surface area contributed by atoms with E-state index in [1.165, 1.54) is 50.6 Å². The summed E-state index contributed by atoms with van der Waals surface area (Å²) < 4.78 is 15.0. The van der Waals surface area contributed by atoms with E-state index in [1.54, 1.807) is 0 Å². The summed E-state index contributed by atoms with van der Waals surface area (Å²) in [5, 5.41) is 0. The Kier molecular flexibility index (Phi) is 7.26. The number of carbonyl (C=O) groups is 1. The predicted octanol–water partition coefficient (Wildman–Crippen LogP) is 8.69. The molecule has 1 aliphatic carbocycles. The Bertz CT molecular complexity index is 1770. The Hall–Kier alpha value is -3.44. The van der Waals surface area contributed by atoms with Crippen LogP contribution in [-0.2, 0) is 25.1 Å². The molecule has 4 atom stereocenters. The summed E-state index contributed by atoms with van der Waals surface area (Å²) in [4.78, 5) is 14.6. The van der Waals surface area contributed by atoms with Crippen LogP contribution in [0.25, 0.3) is 0 Å². The van der Waals surface area contributed by atoms with Crippen molar-refractivity contribution < 1.29 is 18.8 Å². The third kappa shape index (κ3) is 4.66. The summed E-state index contributed by atoms with van der Waals surface area (Å²) in [5.74, 6) is 0.434. The van der Waals surface area contributed by atoms with Crippen molar-refractivity contribution in [3.8, 4) is 0 Å². The van der Waals surface area contributed by atoms with Crippen LogP contribution in [0.2, 0.25) is 0 Å². The van der Waals surface area contributed by atoms with Gasteiger partial charge >= 0.3 is 5.97 Å². The van der Waals surface area contributed by atoms with Crippen LogP contribution in [0.1, 0.15) is 97.6 Å². The number of hydrogen-bond donors (Lipinski definition) is 0. The molecule has 0 fully saturated rings. The number of carbonyl (C=O) groups excluding carboxylic acids is 1. The first kappa shape index (κ1) is 30.9. The number of anilines is 1. The van der Waals surface area contributed by atoms with Gasteiger partial charge in [-0.05, 0) is 88.1 Å². The smallest absolute Gasteiger partial charge is 0.305 e. The zero-order chi connectivity index (χ0) is 32.7. The van der Waals surface area contributed by atoms with E-state index in [4.69, 9.17) is 9.47 Å². The highest BCUT2D eigenvalue weighted by Gasteiger charge is 2.58. The molecule has 8 rings (SSSR count). The molecule has 0 saturated carbocycles. The molecule has 0 amide bonds. The Morgan fingerprint density at radius 1 is 0.979 bits per heavy atom. The van der Waals surface area contributed by atoms with E-state index < -0.39 is 0 Å². The van der Waals surface area contributed by atoms with Gasteiger partial charge in [0.2, 0.25) is 5.69 Å². The Labute approximate surface area is 281 Å². The number of benzene rings is 2. The lowest BCUT2D eigenvalue weighted by Crippen LogP contribution is -2.53. The number of esters is 1. The van der Waals surface area contributed by atoms with Crippen LogP contribution in [0.4, 0.5) is 11.4 Å². The molecule has 5 heterocycles. The van der Waals surface area contributed by atoms with Gasteiger partial charge in [-0.2, -0.15) is 4.58 Å². The lowest BCUT2D eigenvalue weighted by molar-refractivity contribution is -0.466. The van der Waals surface area contributed by atoms with Gasteiger partial charge in [-0.25, -0.2) is 0 Å². The van der Waals surface area contributed by atoms with Crippen molar-refractivity contribution in [3.05, 3.63) is 94.2 Å². The Morgan fingerprint density at radius 3 is 2.55 bits per heavy atom. The zero-order valence-electron chi connectivity index (χ0n) is 29.2. The lowest BCUT2D eigenvalue weighted by Gasteiger charge is -2.47. The molecular formula is C42H51N2O3+. The van der Waals surface area contributed by atoms with Crippen LogP contribution in [0.5, 0.6) is 0 Å². The number of rotatable bonds is 7. The first-order valence-corrected chi connectivity index (χ1v) is 18.2. The molecule has 47 heavy (non-hydrogen) atoms. The van der Waals surface area contributed by atoms with Gasteiger partial charge in [0.25, 0.3) is 0 Å². The largest absolute Gasteiger partial charge is 0.466 e. The van der Waals surface area contributed by atoms with Gasteiger partial charge in [0.15, 0.2) is 12.3 Å². The zero-order valence-corrected chi connectivity index (χ0v) is 29.2. The van der Waals surface area contributed by atoms with Crippen molar-refractivity contribution in [2.45, 2.75) is 110 Å². The fraction of sp³-hybridized carbons (Fsp3) is 0.524. The number of hydrogen-bond acceptors (Lipinski definition) is 4. The standard InChI is InChI=1S/C42H51N2O3/c1-7-46-36(45)19-9-8-14-21-42(6)32-16-11-13-18-34(32)43-22-20-27-25-35-28(23-29(27)38(42)43)24-30-37-41(4,5)31-15-10-12-17-33(31)44(37)26-40(2,3)39(30)47-35/h10-13,15-18,23-24,27,35,39H,7-9,14,19-22,25-26H2,1-6H3/q+1. The summed E-state index contributed by atoms with van der Waals surface area (Å²) in [5.41, 5.74) is 12.7. The number of allylic oxidation sites excluding steroid dienone is 3. The van der Waals surface area contributed by atoms with E-state index in [0.717, 1.165) is 51.6 Å².